The number of nitro benzene ring substituents is 1. The highest BCUT2D eigenvalue weighted by molar-refractivity contribution is 9.10. The van der Waals surface area contributed by atoms with Crippen molar-refractivity contribution in [2.45, 2.75) is 12.7 Å². The number of nitro groups is 1. The average Bonchev–Trinajstić information content (AvgIpc) is 2.31. The molecule has 0 aromatic heterocycles. The molecule has 1 aromatic rings. The summed E-state index contributed by atoms with van der Waals surface area (Å²) < 4.78 is 5.26. The molecule has 0 amide bonds. The fraction of sp³-hybridized carbons (Fsp3) is 0.364. The first-order valence-corrected chi connectivity index (χ1v) is 7.16. The summed E-state index contributed by atoms with van der Waals surface area (Å²) in [6, 6.07) is 4.85. The molecule has 0 unspecified atom stereocenters. The van der Waals surface area contributed by atoms with Gasteiger partial charge in [-0.25, -0.2) is 0 Å². The molecule has 0 aliphatic heterocycles. The lowest BCUT2D eigenvalue weighted by Gasteiger charge is -2.05. The summed E-state index contributed by atoms with van der Waals surface area (Å²) in [4.78, 5) is 21.4. The Kier molecular flexibility index (Phi) is 6.14. The van der Waals surface area contributed by atoms with Crippen molar-refractivity contribution in [2.24, 2.45) is 0 Å². The number of thioether (sulfide) groups is 1. The lowest BCUT2D eigenvalue weighted by molar-refractivity contribution is -0.385. The van der Waals surface area contributed by atoms with Crippen LogP contribution in [0.25, 0.3) is 0 Å². The Morgan fingerprint density at radius 3 is 2.89 bits per heavy atom. The number of hydrogen-bond donors (Lipinski definition) is 0. The number of rotatable bonds is 6. The van der Waals surface area contributed by atoms with E-state index in [0.29, 0.717) is 16.8 Å². The van der Waals surface area contributed by atoms with Crippen LogP contribution in [0.1, 0.15) is 12.5 Å². The Hall–Kier alpha value is -1.08. The molecule has 0 N–H and O–H groups in total. The molecule has 0 fully saturated rings. The van der Waals surface area contributed by atoms with E-state index in [1.54, 1.807) is 19.1 Å². The van der Waals surface area contributed by atoms with E-state index in [1.807, 2.05) is 0 Å². The van der Waals surface area contributed by atoms with Gasteiger partial charge < -0.3 is 4.74 Å². The highest BCUT2D eigenvalue weighted by Gasteiger charge is 2.14. The summed E-state index contributed by atoms with van der Waals surface area (Å²) >= 11 is 4.57. The molecule has 0 aliphatic rings. The van der Waals surface area contributed by atoms with E-state index in [4.69, 9.17) is 4.74 Å². The Morgan fingerprint density at radius 2 is 2.28 bits per heavy atom. The van der Waals surface area contributed by atoms with Crippen molar-refractivity contribution in [2.75, 3.05) is 12.4 Å². The SMILES string of the molecule is CCOC(=O)CSCc1cccc([N+](=O)[O-])c1Br. The number of benzene rings is 1. The normalized spacial score (nSPS) is 10.1. The van der Waals surface area contributed by atoms with Crippen LogP contribution in [0.3, 0.4) is 0 Å². The quantitative estimate of drug-likeness (QED) is 0.454. The summed E-state index contributed by atoms with van der Waals surface area (Å²) in [5, 5.41) is 10.7. The van der Waals surface area contributed by atoms with Gasteiger partial charge in [-0.05, 0) is 28.4 Å². The van der Waals surface area contributed by atoms with Crippen molar-refractivity contribution in [1.29, 1.82) is 0 Å². The van der Waals surface area contributed by atoms with E-state index in [2.05, 4.69) is 15.9 Å². The van der Waals surface area contributed by atoms with Crippen molar-refractivity contribution in [1.82, 2.24) is 0 Å². The first-order valence-electron chi connectivity index (χ1n) is 5.21. The molecule has 98 valence electrons. The van der Waals surface area contributed by atoms with Crippen molar-refractivity contribution in [3.05, 3.63) is 38.3 Å². The average molecular weight is 334 g/mol. The van der Waals surface area contributed by atoms with Crippen LogP contribution in [0, 0.1) is 10.1 Å². The van der Waals surface area contributed by atoms with E-state index in [1.165, 1.54) is 17.8 Å². The zero-order valence-electron chi connectivity index (χ0n) is 9.72. The van der Waals surface area contributed by atoms with Crippen LogP contribution in [-0.4, -0.2) is 23.3 Å². The van der Waals surface area contributed by atoms with Crippen molar-refractivity contribution >= 4 is 39.3 Å². The third-order valence-corrected chi connectivity index (χ3v) is 3.91. The molecule has 7 heteroatoms. The van der Waals surface area contributed by atoms with Crippen LogP contribution in [0.5, 0.6) is 0 Å². The standard InChI is InChI=1S/C11H12BrNO4S/c1-2-17-10(14)7-18-6-8-4-3-5-9(11(8)12)13(15)16/h3-5H,2,6-7H2,1H3. The summed E-state index contributed by atoms with van der Waals surface area (Å²) in [7, 11) is 0. The predicted molar refractivity (Wildman–Crippen MR) is 73.6 cm³/mol. The van der Waals surface area contributed by atoms with Gasteiger partial charge in [-0.3, -0.25) is 14.9 Å². The van der Waals surface area contributed by atoms with Gasteiger partial charge in [0, 0.05) is 11.8 Å². The maximum Gasteiger partial charge on any atom is 0.315 e. The molecule has 0 saturated heterocycles. The Balaban J connectivity index is 2.60. The molecule has 0 spiro atoms. The highest BCUT2D eigenvalue weighted by atomic mass is 79.9. The lowest BCUT2D eigenvalue weighted by Crippen LogP contribution is -2.06. The van der Waals surface area contributed by atoms with Crippen LogP contribution < -0.4 is 0 Å². The lowest BCUT2D eigenvalue weighted by atomic mass is 10.2. The van der Waals surface area contributed by atoms with Gasteiger partial charge in [0.2, 0.25) is 0 Å². The van der Waals surface area contributed by atoms with Crippen molar-refractivity contribution < 1.29 is 14.5 Å². The second-order valence-corrected chi connectivity index (χ2v) is 5.08. The fourth-order valence-electron chi connectivity index (χ4n) is 1.27. The zero-order valence-corrected chi connectivity index (χ0v) is 12.1. The second-order valence-electron chi connectivity index (χ2n) is 3.31. The summed E-state index contributed by atoms with van der Waals surface area (Å²) in [5.74, 6) is 0.480. The molecule has 0 saturated carbocycles. The van der Waals surface area contributed by atoms with Crippen LogP contribution in [-0.2, 0) is 15.3 Å². The second kappa shape index (κ2) is 7.38. The van der Waals surface area contributed by atoms with Crippen molar-refractivity contribution in [3.63, 3.8) is 0 Å². The van der Waals surface area contributed by atoms with Crippen LogP contribution >= 0.6 is 27.7 Å². The molecule has 18 heavy (non-hydrogen) atoms. The first kappa shape index (κ1) is 15.0. The molecule has 0 atom stereocenters. The minimum absolute atomic E-state index is 0.0317. The Labute approximate surface area is 117 Å². The van der Waals surface area contributed by atoms with Crippen LogP contribution in [0.15, 0.2) is 22.7 Å². The molecular formula is C11H12BrNO4S. The molecule has 5 nitrogen and oxygen atoms in total. The number of carbonyl (C=O) groups excluding carboxylic acids is 1. The minimum Gasteiger partial charge on any atom is -0.465 e. The topological polar surface area (TPSA) is 69.4 Å². The number of esters is 1. The third kappa shape index (κ3) is 4.30. The third-order valence-electron chi connectivity index (χ3n) is 2.04. The maximum atomic E-state index is 11.1. The first-order chi connectivity index (χ1) is 8.56. The van der Waals surface area contributed by atoms with E-state index in [9.17, 15) is 14.9 Å². The molecular weight excluding hydrogens is 322 g/mol. The molecule has 1 rings (SSSR count). The fourth-order valence-corrected chi connectivity index (χ4v) is 2.81. The van der Waals surface area contributed by atoms with Gasteiger partial charge >= 0.3 is 5.97 Å². The maximum absolute atomic E-state index is 11.1. The zero-order chi connectivity index (χ0) is 13.5. The molecule has 0 bridgehead atoms. The summed E-state index contributed by atoms with van der Waals surface area (Å²) in [6.07, 6.45) is 0. The van der Waals surface area contributed by atoms with Crippen LogP contribution in [0.2, 0.25) is 0 Å². The van der Waals surface area contributed by atoms with Gasteiger partial charge in [0.25, 0.3) is 5.69 Å². The minimum atomic E-state index is -0.441. The van der Waals surface area contributed by atoms with Gasteiger partial charge in [0.1, 0.15) is 0 Å². The number of nitrogens with zero attached hydrogens (tertiary/aromatic N) is 1. The largest absolute Gasteiger partial charge is 0.465 e. The molecule has 0 heterocycles. The Bertz CT molecular complexity index is 453. The molecule has 0 aliphatic carbocycles. The van der Waals surface area contributed by atoms with Crippen LogP contribution in [0.4, 0.5) is 5.69 Å². The van der Waals surface area contributed by atoms with E-state index < -0.39 is 4.92 Å². The van der Waals surface area contributed by atoms with Gasteiger partial charge in [-0.15, -0.1) is 11.8 Å². The van der Waals surface area contributed by atoms with E-state index in [-0.39, 0.29) is 17.4 Å². The van der Waals surface area contributed by atoms with Gasteiger partial charge in [-0.2, -0.15) is 0 Å². The van der Waals surface area contributed by atoms with Crippen molar-refractivity contribution in [3.8, 4) is 0 Å². The smallest absolute Gasteiger partial charge is 0.315 e. The predicted octanol–water partition coefficient (Wildman–Crippen LogP) is 3.15. The number of ether oxygens (including phenoxy) is 1. The number of halogens is 1. The van der Waals surface area contributed by atoms with Gasteiger partial charge in [0.15, 0.2) is 0 Å². The van der Waals surface area contributed by atoms with E-state index >= 15 is 0 Å². The van der Waals surface area contributed by atoms with Gasteiger partial charge in [0.05, 0.1) is 21.8 Å². The summed E-state index contributed by atoms with van der Waals surface area (Å²) in [5.41, 5.74) is 0.822. The summed E-state index contributed by atoms with van der Waals surface area (Å²) in [6.45, 7) is 2.11. The number of hydrogen-bond acceptors (Lipinski definition) is 5. The molecule has 1 aromatic carbocycles. The molecule has 0 radical (unpaired) electrons. The monoisotopic (exact) mass is 333 g/mol. The Morgan fingerprint density at radius 1 is 1.56 bits per heavy atom. The van der Waals surface area contributed by atoms with Gasteiger partial charge in [-0.1, -0.05) is 12.1 Å². The number of carbonyl (C=O) groups is 1. The highest BCUT2D eigenvalue weighted by Crippen LogP contribution is 2.30. The van der Waals surface area contributed by atoms with E-state index in [0.717, 1.165) is 5.56 Å².